The second-order valence-electron chi connectivity index (χ2n) is 5.26. The maximum Gasteiger partial charge on any atom is 0.124 e. The Balaban J connectivity index is 1.94. The first kappa shape index (κ1) is 14.1. The Morgan fingerprint density at radius 1 is 1.09 bits per heavy atom. The number of rotatable bonds is 3. The number of hydrogen-bond acceptors (Lipinski definition) is 4. The van der Waals surface area contributed by atoms with E-state index in [9.17, 15) is 5.11 Å². The van der Waals surface area contributed by atoms with Gasteiger partial charge in [0.15, 0.2) is 0 Å². The number of para-hydroxylation sites is 1. The highest BCUT2D eigenvalue weighted by Crippen LogP contribution is 2.24. The van der Waals surface area contributed by atoms with Crippen molar-refractivity contribution in [2.45, 2.75) is 13.8 Å². The average molecular weight is 291 g/mol. The fourth-order valence-corrected chi connectivity index (χ4v) is 2.33. The highest BCUT2D eigenvalue weighted by atomic mass is 16.3. The van der Waals surface area contributed by atoms with Crippen LogP contribution in [-0.2, 0) is 0 Å². The van der Waals surface area contributed by atoms with Crippen molar-refractivity contribution in [3.05, 3.63) is 65.4 Å². The summed E-state index contributed by atoms with van der Waals surface area (Å²) >= 11 is 0. The summed E-state index contributed by atoms with van der Waals surface area (Å²) in [5.74, 6) is 0.208. The Morgan fingerprint density at radius 2 is 1.91 bits per heavy atom. The van der Waals surface area contributed by atoms with Gasteiger partial charge in [0, 0.05) is 16.6 Å². The van der Waals surface area contributed by atoms with Gasteiger partial charge in [-0.1, -0.05) is 23.8 Å². The summed E-state index contributed by atoms with van der Waals surface area (Å²) in [5, 5.41) is 15.0. The number of phenolic OH excluding ortho intramolecular Hbond substituents is 1. The molecule has 0 atom stereocenters. The predicted octanol–water partition coefficient (Wildman–Crippen LogP) is 4.00. The molecule has 4 heteroatoms. The number of benzene rings is 2. The van der Waals surface area contributed by atoms with E-state index in [4.69, 9.17) is 0 Å². The van der Waals surface area contributed by atoms with E-state index < -0.39 is 0 Å². The SMILES string of the molecule is Cc1ccc2nc(C)cc(NN=Cc3ccccc3O)c2c1. The molecular weight excluding hydrogens is 274 g/mol. The number of hydrazone groups is 1. The summed E-state index contributed by atoms with van der Waals surface area (Å²) in [7, 11) is 0. The zero-order chi connectivity index (χ0) is 15.5. The van der Waals surface area contributed by atoms with E-state index in [1.807, 2.05) is 38.1 Å². The Bertz CT molecular complexity index is 856. The Labute approximate surface area is 129 Å². The first-order chi connectivity index (χ1) is 10.6. The maximum absolute atomic E-state index is 9.73. The number of pyridine rings is 1. The number of anilines is 1. The highest BCUT2D eigenvalue weighted by Gasteiger charge is 2.04. The second kappa shape index (κ2) is 5.85. The summed E-state index contributed by atoms with van der Waals surface area (Å²) in [6, 6.07) is 15.2. The number of aromatic hydroxyl groups is 1. The van der Waals surface area contributed by atoms with Crippen molar-refractivity contribution < 1.29 is 5.11 Å². The number of aryl methyl sites for hydroxylation is 2. The quantitative estimate of drug-likeness (QED) is 0.566. The van der Waals surface area contributed by atoms with Crippen molar-refractivity contribution in [2.24, 2.45) is 5.10 Å². The van der Waals surface area contributed by atoms with Crippen molar-refractivity contribution in [3.63, 3.8) is 0 Å². The topological polar surface area (TPSA) is 57.5 Å². The predicted molar refractivity (Wildman–Crippen MR) is 90.5 cm³/mol. The van der Waals surface area contributed by atoms with Gasteiger partial charge in [-0.3, -0.25) is 10.4 Å². The lowest BCUT2D eigenvalue weighted by molar-refractivity contribution is 0.474. The first-order valence-electron chi connectivity index (χ1n) is 7.08. The molecule has 0 saturated heterocycles. The van der Waals surface area contributed by atoms with E-state index in [1.165, 1.54) is 5.56 Å². The van der Waals surface area contributed by atoms with E-state index in [2.05, 4.69) is 21.6 Å². The summed E-state index contributed by atoms with van der Waals surface area (Å²) in [5.41, 5.74) is 7.65. The van der Waals surface area contributed by atoms with Crippen LogP contribution in [0.5, 0.6) is 5.75 Å². The second-order valence-corrected chi connectivity index (χ2v) is 5.26. The summed E-state index contributed by atoms with van der Waals surface area (Å²) in [6.45, 7) is 4.01. The van der Waals surface area contributed by atoms with Crippen LogP contribution < -0.4 is 5.43 Å². The lowest BCUT2D eigenvalue weighted by Crippen LogP contribution is -1.95. The van der Waals surface area contributed by atoms with Crippen LogP contribution in [0.2, 0.25) is 0 Å². The molecule has 0 bridgehead atoms. The van der Waals surface area contributed by atoms with Crippen molar-refractivity contribution in [1.29, 1.82) is 0 Å². The minimum Gasteiger partial charge on any atom is -0.507 e. The van der Waals surface area contributed by atoms with Crippen LogP contribution >= 0.6 is 0 Å². The number of nitrogens with zero attached hydrogens (tertiary/aromatic N) is 2. The van der Waals surface area contributed by atoms with Gasteiger partial charge in [-0.05, 0) is 44.2 Å². The van der Waals surface area contributed by atoms with Crippen LogP contribution in [0.3, 0.4) is 0 Å². The van der Waals surface area contributed by atoms with E-state index in [-0.39, 0.29) is 5.75 Å². The molecule has 4 nitrogen and oxygen atoms in total. The molecule has 0 saturated carbocycles. The molecule has 2 aromatic carbocycles. The van der Waals surface area contributed by atoms with Gasteiger partial charge in [-0.2, -0.15) is 5.10 Å². The molecule has 0 aliphatic heterocycles. The minimum atomic E-state index is 0.208. The molecule has 0 aliphatic rings. The van der Waals surface area contributed by atoms with Gasteiger partial charge in [0.05, 0.1) is 17.4 Å². The molecule has 0 radical (unpaired) electrons. The van der Waals surface area contributed by atoms with Gasteiger partial charge in [-0.25, -0.2) is 0 Å². The number of fused-ring (bicyclic) bond motifs is 1. The molecule has 0 unspecified atom stereocenters. The fourth-order valence-electron chi connectivity index (χ4n) is 2.33. The standard InChI is InChI=1S/C18H17N3O/c1-12-7-8-16-15(9-12)17(10-13(2)20-16)21-19-11-14-5-3-4-6-18(14)22/h3-11,22H,1-2H3,(H,20,21). The lowest BCUT2D eigenvalue weighted by Gasteiger charge is -2.08. The van der Waals surface area contributed by atoms with E-state index >= 15 is 0 Å². The number of aromatic nitrogens is 1. The van der Waals surface area contributed by atoms with Crippen molar-refractivity contribution in [3.8, 4) is 5.75 Å². The summed E-state index contributed by atoms with van der Waals surface area (Å²) < 4.78 is 0. The fraction of sp³-hybridized carbons (Fsp3) is 0.111. The Hall–Kier alpha value is -2.88. The molecule has 110 valence electrons. The van der Waals surface area contributed by atoms with Crippen LogP contribution in [0.25, 0.3) is 10.9 Å². The van der Waals surface area contributed by atoms with Crippen molar-refractivity contribution in [2.75, 3.05) is 5.43 Å². The van der Waals surface area contributed by atoms with Gasteiger partial charge in [-0.15, -0.1) is 0 Å². The van der Waals surface area contributed by atoms with Crippen molar-refractivity contribution >= 4 is 22.8 Å². The van der Waals surface area contributed by atoms with Gasteiger partial charge in [0.25, 0.3) is 0 Å². The van der Waals surface area contributed by atoms with Crippen LogP contribution in [0.4, 0.5) is 5.69 Å². The molecule has 22 heavy (non-hydrogen) atoms. The van der Waals surface area contributed by atoms with E-state index in [1.54, 1.807) is 24.4 Å². The molecule has 0 spiro atoms. The minimum absolute atomic E-state index is 0.208. The normalized spacial score (nSPS) is 11.2. The molecule has 1 heterocycles. The maximum atomic E-state index is 9.73. The largest absolute Gasteiger partial charge is 0.507 e. The van der Waals surface area contributed by atoms with E-state index in [0.29, 0.717) is 5.56 Å². The van der Waals surface area contributed by atoms with Gasteiger partial charge in [0.1, 0.15) is 5.75 Å². The molecular formula is C18H17N3O. The average Bonchev–Trinajstić information content (AvgIpc) is 2.50. The third kappa shape index (κ3) is 2.91. The third-order valence-electron chi connectivity index (χ3n) is 3.42. The molecule has 1 aromatic heterocycles. The number of nitrogens with one attached hydrogen (secondary N) is 1. The molecule has 0 aliphatic carbocycles. The van der Waals surface area contributed by atoms with Gasteiger partial charge in [0.2, 0.25) is 0 Å². The highest BCUT2D eigenvalue weighted by molar-refractivity contribution is 5.92. The molecule has 0 amide bonds. The molecule has 2 N–H and O–H groups in total. The lowest BCUT2D eigenvalue weighted by atomic mass is 10.1. The van der Waals surface area contributed by atoms with Crippen LogP contribution in [0.1, 0.15) is 16.8 Å². The van der Waals surface area contributed by atoms with Crippen LogP contribution in [-0.4, -0.2) is 16.3 Å². The monoisotopic (exact) mass is 291 g/mol. The molecule has 0 fully saturated rings. The summed E-state index contributed by atoms with van der Waals surface area (Å²) in [6.07, 6.45) is 1.60. The van der Waals surface area contributed by atoms with Crippen molar-refractivity contribution in [1.82, 2.24) is 4.98 Å². The van der Waals surface area contributed by atoms with Gasteiger partial charge < -0.3 is 5.11 Å². The molecule has 3 aromatic rings. The summed E-state index contributed by atoms with van der Waals surface area (Å²) in [4.78, 5) is 4.53. The van der Waals surface area contributed by atoms with Gasteiger partial charge >= 0.3 is 0 Å². The van der Waals surface area contributed by atoms with Crippen LogP contribution in [0.15, 0.2) is 53.6 Å². The molecule has 3 rings (SSSR count). The zero-order valence-corrected chi connectivity index (χ0v) is 12.5. The zero-order valence-electron chi connectivity index (χ0n) is 12.5. The third-order valence-corrected chi connectivity index (χ3v) is 3.42. The van der Waals surface area contributed by atoms with Crippen LogP contribution in [0, 0.1) is 13.8 Å². The first-order valence-corrected chi connectivity index (χ1v) is 7.08. The number of hydrogen-bond donors (Lipinski definition) is 2. The Kier molecular flexibility index (Phi) is 3.74. The Morgan fingerprint density at radius 3 is 2.73 bits per heavy atom. The van der Waals surface area contributed by atoms with E-state index in [0.717, 1.165) is 22.3 Å². The smallest absolute Gasteiger partial charge is 0.124 e. The number of phenols is 1.